The summed E-state index contributed by atoms with van der Waals surface area (Å²) < 4.78 is 5.43. The van der Waals surface area contributed by atoms with E-state index in [2.05, 4.69) is 0 Å². The number of phenolic OH excluding ortho intramolecular Hbond substituents is 1. The number of rotatable bonds is 2. The summed E-state index contributed by atoms with van der Waals surface area (Å²) in [6.07, 6.45) is 0. The van der Waals surface area contributed by atoms with Crippen molar-refractivity contribution in [2.75, 3.05) is 7.11 Å². The van der Waals surface area contributed by atoms with Gasteiger partial charge in [-0.2, -0.15) is 0 Å². The summed E-state index contributed by atoms with van der Waals surface area (Å²) in [5.41, 5.74) is 1.68. The van der Waals surface area contributed by atoms with Crippen molar-refractivity contribution in [3.63, 3.8) is 0 Å². The van der Waals surface area contributed by atoms with E-state index in [4.69, 9.17) is 4.74 Å². The third-order valence-electron chi connectivity index (χ3n) is 3.27. The van der Waals surface area contributed by atoms with E-state index in [0.29, 0.717) is 5.75 Å². The second kappa shape index (κ2) is 4.65. The molecule has 0 radical (unpaired) electrons. The molecule has 0 fully saturated rings. The van der Waals surface area contributed by atoms with Gasteiger partial charge in [0.1, 0.15) is 11.5 Å². The Kier molecular flexibility index (Phi) is 2.84. The number of hydrogen-bond donors (Lipinski definition) is 1. The van der Waals surface area contributed by atoms with Crippen molar-refractivity contribution in [1.82, 2.24) is 0 Å². The number of phenols is 1. The second-order valence-electron chi connectivity index (χ2n) is 4.39. The topological polar surface area (TPSA) is 29.5 Å². The molecule has 0 aliphatic heterocycles. The molecule has 0 atom stereocenters. The lowest BCUT2D eigenvalue weighted by Crippen LogP contribution is -1.90. The minimum atomic E-state index is 0.265. The number of methoxy groups -OCH3 is 1. The predicted octanol–water partition coefficient (Wildman–Crippen LogP) is 4.22. The van der Waals surface area contributed by atoms with E-state index < -0.39 is 0 Å². The molecule has 0 aliphatic carbocycles. The van der Waals surface area contributed by atoms with E-state index in [0.717, 1.165) is 21.9 Å². The minimum Gasteiger partial charge on any atom is -0.507 e. The van der Waals surface area contributed by atoms with Crippen molar-refractivity contribution in [2.45, 2.75) is 0 Å². The maximum atomic E-state index is 10.5. The summed E-state index contributed by atoms with van der Waals surface area (Å²) in [6, 6.07) is 19.5. The van der Waals surface area contributed by atoms with Gasteiger partial charge in [-0.1, -0.05) is 54.6 Å². The minimum absolute atomic E-state index is 0.265. The predicted molar refractivity (Wildman–Crippen MR) is 77.6 cm³/mol. The number of benzene rings is 3. The summed E-state index contributed by atoms with van der Waals surface area (Å²) in [7, 11) is 1.62. The van der Waals surface area contributed by atoms with Crippen molar-refractivity contribution < 1.29 is 9.84 Å². The molecule has 2 nitrogen and oxygen atoms in total. The first-order valence-electron chi connectivity index (χ1n) is 6.15. The molecule has 0 bridgehead atoms. The van der Waals surface area contributed by atoms with Crippen LogP contribution in [0, 0.1) is 0 Å². The molecule has 0 heterocycles. The average molecular weight is 250 g/mol. The summed E-state index contributed by atoms with van der Waals surface area (Å²) in [5.74, 6) is 0.948. The van der Waals surface area contributed by atoms with Crippen molar-refractivity contribution in [3.05, 3.63) is 60.7 Å². The normalized spacial score (nSPS) is 10.6. The Morgan fingerprint density at radius 3 is 2.32 bits per heavy atom. The monoisotopic (exact) mass is 250 g/mol. The van der Waals surface area contributed by atoms with E-state index in [-0.39, 0.29) is 5.75 Å². The average Bonchev–Trinajstić information content (AvgIpc) is 2.48. The lowest BCUT2D eigenvalue weighted by molar-refractivity contribution is 0.412. The Hall–Kier alpha value is -2.48. The lowest BCUT2D eigenvalue weighted by Gasteiger charge is -2.13. The fourth-order valence-electron chi connectivity index (χ4n) is 2.35. The number of ether oxygens (including phenoxy) is 1. The fraction of sp³-hybridized carbons (Fsp3) is 0.0588. The van der Waals surface area contributed by atoms with E-state index in [1.165, 1.54) is 0 Å². The summed E-state index contributed by atoms with van der Waals surface area (Å²) >= 11 is 0. The first-order valence-corrected chi connectivity index (χ1v) is 6.15. The first-order chi connectivity index (χ1) is 9.31. The zero-order chi connectivity index (χ0) is 13.2. The van der Waals surface area contributed by atoms with Crippen LogP contribution in [0.5, 0.6) is 11.5 Å². The van der Waals surface area contributed by atoms with Crippen LogP contribution in [0.15, 0.2) is 60.7 Å². The van der Waals surface area contributed by atoms with E-state index in [1.807, 2.05) is 60.7 Å². The van der Waals surface area contributed by atoms with Gasteiger partial charge in [0.05, 0.1) is 12.7 Å². The SMILES string of the molecule is COc1cc2ccccc2c(O)c1-c1ccccc1. The van der Waals surface area contributed by atoms with E-state index in [1.54, 1.807) is 7.11 Å². The molecule has 0 aromatic heterocycles. The van der Waals surface area contributed by atoms with Gasteiger partial charge in [-0.05, 0) is 17.0 Å². The van der Waals surface area contributed by atoms with E-state index in [9.17, 15) is 5.11 Å². The Morgan fingerprint density at radius 2 is 1.58 bits per heavy atom. The molecule has 3 aromatic rings. The molecule has 0 unspecified atom stereocenters. The van der Waals surface area contributed by atoms with Gasteiger partial charge in [-0.15, -0.1) is 0 Å². The Morgan fingerprint density at radius 1 is 0.895 bits per heavy atom. The zero-order valence-electron chi connectivity index (χ0n) is 10.6. The van der Waals surface area contributed by atoms with Gasteiger partial charge in [0.2, 0.25) is 0 Å². The van der Waals surface area contributed by atoms with Gasteiger partial charge in [-0.25, -0.2) is 0 Å². The van der Waals surface area contributed by atoms with Crippen LogP contribution in [0.1, 0.15) is 0 Å². The number of fused-ring (bicyclic) bond motifs is 1. The van der Waals surface area contributed by atoms with Crippen LogP contribution in [-0.4, -0.2) is 12.2 Å². The number of aromatic hydroxyl groups is 1. The van der Waals surface area contributed by atoms with Crippen LogP contribution < -0.4 is 4.74 Å². The van der Waals surface area contributed by atoms with Crippen LogP contribution in [0.4, 0.5) is 0 Å². The third-order valence-corrected chi connectivity index (χ3v) is 3.27. The summed E-state index contributed by atoms with van der Waals surface area (Å²) in [4.78, 5) is 0. The maximum absolute atomic E-state index is 10.5. The molecular formula is C17H14O2. The fourth-order valence-corrected chi connectivity index (χ4v) is 2.35. The van der Waals surface area contributed by atoms with Crippen LogP contribution in [0.25, 0.3) is 21.9 Å². The Bertz CT molecular complexity index is 718. The maximum Gasteiger partial charge on any atom is 0.134 e. The summed E-state index contributed by atoms with van der Waals surface area (Å²) in [6.45, 7) is 0. The standard InChI is InChI=1S/C17H14O2/c1-19-15-11-13-9-5-6-10-14(13)17(18)16(15)12-7-3-2-4-8-12/h2-11,18H,1H3. The van der Waals surface area contributed by atoms with Crippen LogP contribution in [0.2, 0.25) is 0 Å². The zero-order valence-corrected chi connectivity index (χ0v) is 10.6. The van der Waals surface area contributed by atoms with Crippen LogP contribution >= 0.6 is 0 Å². The molecule has 19 heavy (non-hydrogen) atoms. The smallest absolute Gasteiger partial charge is 0.134 e. The van der Waals surface area contributed by atoms with Gasteiger partial charge < -0.3 is 9.84 Å². The van der Waals surface area contributed by atoms with Crippen molar-refractivity contribution in [2.24, 2.45) is 0 Å². The molecule has 1 N–H and O–H groups in total. The van der Waals surface area contributed by atoms with Crippen LogP contribution in [-0.2, 0) is 0 Å². The highest BCUT2D eigenvalue weighted by Gasteiger charge is 2.14. The quantitative estimate of drug-likeness (QED) is 0.737. The molecule has 0 amide bonds. The molecule has 3 rings (SSSR count). The van der Waals surface area contributed by atoms with Gasteiger partial charge in [0.25, 0.3) is 0 Å². The molecule has 0 saturated carbocycles. The highest BCUT2D eigenvalue weighted by atomic mass is 16.5. The molecule has 94 valence electrons. The van der Waals surface area contributed by atoms with Crippen molar-refractivity contribution in [3.8, 4) is 22.6 Å². The van der Waals surface area contributed by atoms with Crippen LogP contribution in [0.3, 0.4) is 0 Å². The largest absolute Gasteiger partial charge is 0.507 e. The summed E-state index contributed by atoms with van der Waals surface area (Å²) in [5, 5.41) is 12.3. The van der Waals surface area contributed by atoms with Crippen molar-refractivity contribution >= 4 is 10.8 Å². The third kappa shape index (κ3) is 1.91. The van der Waals surface area contributed by atoms with Gasteiger partial charge >= 0.3 is 0 Å². The molecule has 2 heteroatoms. The Labute approximate surface area is 111 Å². The van der Waals surface area contributed by atoms with E-state index >= 15 is 0 Å². The second-order valence-corrected chi connectivity index (χ2v) is 4.39. The Balaban J connectivity index is 2.37. The molecule has 0 spiro atoms. The van der Waals surface area contributed by atoms with Gasteiger partial charge in [0, 0.05) is 5.39 Å². The molecular weight excluding hydrogens is 236 g/mol. The first kappa shape index (κ1) is 11.6. The van der Waals surface area contributed by atoms with Gasteiger partial charge in [-0.3, -0.25) is 0 Å². The number of hydrogen-bond acceptors (Lipinski definition) is 2. The highest BCUT2D eigenvalue weighted by molar-refractivity contribution is 5.97. The molecule has 3 aromatic carbocycles. The van der Waals surface area contributed by atoms with Gasteiger partial charge in [0.15, 0.2) is 0 Å². The highest BCUT2D eigenvalue weighted by Crippen LogP contribution is 2.42. The van der Waals surface area contributed by atoms with Crippen molar-refractivity contribution in [1.29, 1.82) is 0 Å². The molecule has 0 aliphatic rings. The molecule has 0 saturated heterocycles. The lowest BCUT2D eigenvalue weighted by atomic mass is 9.98.